The number of piperidine rings is 1. The Balaban J connectivity index is 1.56. The van der Waals surface area contributed by atoms with Crippen molar-refractivity contribution in [2.45, 2.75) is 51.4 Å². The number of nitrogens with one attached hydrogen (secondary N) is 1. The third kappa shape index (κ3) is 3.22. The molecule has 8 nitrogen and oxygen atoms in total. The second-order valence-electron chi connectivity index (χ2n) is 7.92. The van der Waals surface area contributed by atoms with Gasteiger partial charge in [0.1, 0.15) is 5.60 Å². The van der Waals surface area contributed by atoms with Gasteiger partial charge in [-0.25, -0.2) is 9.78 Å². The average molecular weight is 374 g/mol. The highest BCUT2D eigenvalue weighted by molar-refractivity contribution is 5.98. The highest BCUT2D eigenvalue weighted by atomic mass is 16.6. The number of nitrogens with zero attached hydrogens (tertiary/aromatic N) is 3. The fourth-order valence-corrected chi connectivity index (χ4v) is 4.27. The van der Waals surface area contributed by atoms with Crippen LogP contribution in [0.5, 0.6) is 5.88 Å². The molecule has 3 aliphatic heterocycles. The second-order valence-corrected chi connectivity index (χ2v) is 7.92. The fraction of sp³-hybridized carbons (Fsp3) is 0.632. The zero-order valence-electron chi connectivity index (χ0n) is 16.1. The summed E-state index contributed by atoms with van der Waals surface area (Å²) in [4.78, 5) is 32.9. The van der Waals surface area contributed by atoms with Crippen LogP contribution in [0.25, 0.3) is 0 Å². The van der Waals surface area contributed by atoms with Crippen molar-refractivity contribution in [3.63, 3.8) is 0 Å². The van der Waals surface area contributed by atoms with Gasteiger partial charge in [-0.2, -0.15) is 0 Å². The first kappa shape index (κ1) is 18.0. The molecular weight excluding hydrogens is 348 g/mol. The molecule has 0 radical (unpaired) electrons. The molecule has 27 heavy (non-hydrogen) atoms. The van der Waals surface area contributed by atoms with Gasteiger partial charge in [-0.1, -0.05) is 0 Å². The van der Waals surface area contributed by atoms with Crippen molar-refractivity contribution in [1.82, 2.24) is 20.1 Å². The summed E-state index contributed by atoms with van der Waals surface area (Å²) in [5, 5.41) is 2.77. The molecule has 1 aromatic heterocycles. The summed E-state index contributed by atoms with van der Waals surface area (Å²) >= 11 is 0. The molecule has 0 saturated carbocycles. The van der Waals surface area contributed by atoms with Crippen molar-refractivity contribution in [3.05, 3.63) is 22.9 Å². The van der Waals surface area contributed by atoms with Crippen LogP contribution in [0.4, 0.5) is 4.79 Å². The summed E-state index contributed by atoms with van der Waals surface area (Å²) < 4.78 is 11.1. The topological polar surface area (TPSA) is 84.0 Å². The maximum Gasteiger partial charge on any atom is 0.407 e. The highest BCUT2D eigenvalue weighted by Crippen LogP contribution is 2.32. The number of rotatable bonds is 4. The predicted octanol–water partition coefficient (Wildman–Crippen LogP) is 1.53. The minimum absolute atomic E-state index is 0.0282. The van der Waals surface area contributed by atoms with Crippen LogP contribution >= 0.6 is 0 Å². The number of alkyl carbamates (subject to hydrolysis) is 1. The van der Waals surface area contributed by atoms with Crippen molar-refractivity contribution in [1.29, 1.82) is 0 Å². The number of likely N-dealkylation sites (tertiary alicyclic amines) is 1. The number of methoxy groups -OCH3 is 1. The molecule has 1 aromatic rings. The predicted molar refractivity (Wildman–Crippen MR) is 97.5 cm³/mol. The van der Waals surface area contributed by atoms with Crippen LogP contribution < -0.4 is 10.1 Å². The number of pyridine rings is 1. The summed E-state index contributed by atoms with van der Waals surface area (Å²) in [6, 6.07) is 2.05. The van der Waals surface area contributed by atoms with Gasteiger partial charge in [-0.3, -0.25) is 9.69 Å². The van der Waals surface area contributed by atoms with E-state index in [4.69, 9.17) is 9.47 Å². The monoisotopic (exact) mass is 374 g/mol. The van der Waals surface area contributed by atoms with Crippen LogP contribution in [0.2, 0.25) is 0 Å². The van der Waals surface area contributed by atoms with Crippen molar-refractivity contribution in [2.75, 3.05) is 26.7 Å². The van der Waals surface area contributed by atoms with Crippen LogP contribution in [0.3, 0.4) is 0 Å². The van der Waals surface area contributed by atoms with E-state index in [2.05, 4.69) is 15.2 Å². The number of carbonyl (C=O) groups is 2. The van der Waals surface area contributed by atoms with E-state index in [1.807, 2.05) is 24.8 Å². The largest absolute Gasteiger partial charge is 0.481 e. The Labute approximate surface area is 158 Å². The van der Waals surface area contributed by atoms with Crippen LogP contribution in [-0.2, 0) is 17.8 Å². The molecule has 1 atom stereocenters. The molecule has 4 heterocycles. The third-order valence-corrected chi connectivity index (χ3v) is 5.65. The SMILES string of the molecule is COc1nc2c(cc1CN1CCC[C@]3(CNC(=O)O3)C1)C(=O)N(C(C)C)C2. The molecule has 3 aliphatic rings. The van der Waals surface area contributed by atoms with Gasteiger partial charge < -0.3 is 19.7 Å². The first-order valence-electron chi connectivity index (χ1n) is 9.48. The lowest BCUT2D eigenvalue weighted by Crippen LogP contribution is -2.50. The molecule has 2 fully saturated rings. The Hall–Kier alpha value is -2.35. The molecule has 8 heteroatoms. The summed E-state index contributed by atoms with van der Waals surface area (Å²) in [6.07, 6.45) is 1.48. The Morgan fingerprint density at radius 1 is 1.41 bits per heavy atom. The van der Waals surface area contributed by atoms with Gasteiger partial charge in [0.05, 0.1) is 31.5 Å². The first-order chi connectivity index (χ1) is 12.9. The van der Waals surface area contributed by atoms with E-state index in [-0.39, 0.29) is 18.0 Å². The molecule has 0 bridgehead atoms. The molecule has 2 saturated heterocycles. The first-order valence-corrected chi connectivity index (χ1v) is 9.48. The van der Waals surface area contributed by atoms with Gasteiger partial charge in [0.2, 0.25) is 5.88 Å². The zero-order valence-corrected chi connectivity index (χ0v) is 16.1. The van der Waals surface area contributed by atoms with E-state index in [0.29, 0.717) is 37.6 Å². The fourth-order valence-electron chi connectivity index (χ4n) is 4.27. The number of carbonyl (C=O) groups excluding carboxylic acids is 2. The molecule has 1 spiro atoms. The zero-order chi connectivity index (χ0) is 19.2. The third-order valence-electron chi connectivity index (χ3n) is 5.65. The van der Waals surface area contributed by atoms with Gasteiger partial charge in [-0.05, 0) is 39.3 Å². The van der Waals surface area contributed by atoms with Gasteiger partial charge in [0.15, 0.2) is 0 Å². The Bertz CT molecular complexity index is 781. The molecule has 0 aliphatic carbocycles. The van der Waals surface area contributed by atoms with E-state index in [9.17, 15) is 9.59 Å². The minimum atomic E-state index is -0.447. The molecule has 1 N–H and O–H groups in total. The van der Waals surface area contributed by atoms with Gasteiger partial charge in [0.25, 0.3) is 5.91 Å². The molecule has 4 rings (SSSR count). The van der Waals surface area contributed by atoms with E-state index < -0.39 is 5.60 Å². The molecule has 146 valence electrons. The van der Waals surface area contributed by atoms with E-state index >= 15 is 0 Å². The standard InChI is InChI=1S/C19H26N4O4/c1-12(2)23-9-15-14(17(23)24)7-13(16(21-15)26-3)8-22-6-4-5-19(11-22)10-20-18(25)27-19/h7,12H,4-6,8-11H2,1-3H3,(H,20,25)/t19-/m0/s1. The number of fused-ring (bicyclic) bond motifs is 1. The van der Waals surface area contributed by atoms with Crippen LogP contribution in [-0.4, -0.2) is 65.2 Å². The number of aromatic nitrogens is 1. The summed E-state index contributed by atoms with van der Waals surface area (Å²) in [6.45, 7) is 7.26. The maximum atomic E-state index is 12.7. The van der Waals surface area contributed by atoms with E-state index in [1.165, 1.54) is 0 Å². The Morgan fingerprint density at radius 2 is 2.22 bits per heavy atom. The quantitative estimate of drug-likeness (QED) is 0.860. The number of hydrogen-bond donors (Lipinski definition) is 1. The van der Waals surface area contributed by atoms with Gasteiger partial charge in [-0.15, -0.1) is 0 Å². The van der Waals surface area contributed by atoms with E-state index in [0.717, 1.165) is 30.6 Å². The smallest absolute Gasteiger partial charge is 0.407 e. The highest BCUT2D eigenvalue weighted by Gasteiger charge is 2.44. The molecule has 2 amide bonds. The molecule has 0 aromatic carbocycles. The van der Waals surface area contributed by atoms with Crippen molar-refractivity contribution in [3.8, 4) is 5.88 Å². The van der Waals surface area contributed by atoms with E-state index in [1.54, 1.807) is 7.11 Å². The van der Waals surface area contributed by atoms with Crippen LogP contribution in [0, 0.1) is 0 Å². The summed E-state index contributed by atoms with van der Waals surface area (Å²) in [7, 11) is 1.61. The number of hydrogen-bond acceptors (Lipinski definition) is 6. The lowest BCUT2D eigenvalue weighted by Gasteiger charge is -2.38. The van der Waals surface area contributed by atoms with Crippen LogP contribution in [0.1, 0.15) is 48.3 Å². The average Bonchev–Trinajstić information content (AvgIpc) is 3.14. The molecule has 0 unspecified atom stereocenters. The summed E-state index contributed by atoms with van der Waals surface area (Å²) in [5.74, 6) is 0.591. The lowest BCUT2D eigenvalue weighted by molar-refractivity contribution is -0.0113. The molecular formula is C19H26N4O4. The Kier molecular flexibility index (Phi) is 4.46. The van der Waals surface area contributed by atoms with Gasteiger partial charge in [0, 0.05) is 24.7 Å². The van der Waals surface area contributed by atoms with Gasteiger partial charge >= 0.3 is 6.09 Å². The number of ether oxygens (including phenoxy) is 2. The maximum absolute atomic E-state index is 12.7. The Morgan fingerprint density at radius 3 is 2.89 bits per heavy atom. The normalized spacial score (nSPS) is 25.1. The van der Waals surface area contributed by atoms with Crippen LogP contribution in [0.15, 0.2) is 6.07 Å². The second kappa shape index (κ2) is 6.67. The number of amides is 2. The van der Waals surface area contributed by atoms with Crippen molar-refractivity contribution >= 4 is 12.0 Å². The minimum Gasteiger partial charge on any atom is -0.481 e. The lowest BCUT2D eigenvalue weighted by atomic mass is 9.92. The van der Waals surface area contributed by atoms with Crippen molar-refractivity contribution in [2.24, 2.45) is 0 Å². The van der Waals surface area contributed by atoms with Crippen molar-refractivity contribution < 1.29 is 19.1 Å². The summed E-state index contributed by atoms with van der Waals surface area (Å²) in [5.41, 5.74) is 1.89.